The highest BCUT2D eigenvalue weighted by Gasteiger charge is 2.68. The maximum absolute atomic E-state index is 15.0. The monoisotopic (exact) mass is 602 g/mol. The van der Waals surface area contributed by atoms with Crippen molar-refractivity contribution in [3.8, 4) is 5.75 Å². The van der Waals surface area contributed by atoms with Gasteiger partial charge in [-0.3, -0.25) is 9.59 Å². The third kappa shape index (κ3) is 3.44. The van der Waals surface area contributed by atoms with E-state index in [4.69, 9.17) is 23.2 Å². The summed E-state index contributed by atoms with van der Waals surface area (Å²) < 4.78 is 3.80. The maximum atomic E-state index is 15.0. The molecule has 212 valence electrons. The van der Waals surface area contributed by atoms with Crippen LogP contribution in [-0.2, 0) is 28.6 Å². The number of carbonyl (C=O) groups is 2. The highest BCUT2D eigenvalue weighted by molar-refractivity contribution is 6.33. The number of phenols is 1. The molecular weight excluding hydrogens is 579 g/mol. The first kappa shape index (κ1) is 26.6. The van der Waals surface area contributed by atoms with Crippen molar-refractivity contribution in [1.29, 1.82) is 0 Å². The Bertz CT molecular complexity index is 1960. The van der Waals surface area contributed by atoms with Gasteiger partial charge in [0, 0.05) is 23.0 Å². The van der Waals surface area contributed by atoms with Crippen LogP contribution in [-0.4, -0.2) is 30.9 Å². The molecule has 4 aromatic rings. The molecule has 3 aliphatic rings. The smallest absolute Gasteiger partial charge is 0.347 e. The van der Waals surface area contributed by atoms with Gasteiger partial charge in [0.15, 0.2) is 0 Å². The fraction of sp³-hybridized carbons (Fsp3) is 0.226. The number of benzene rings is 3. The van der Waals surface area contributed by atoms with Crippen LogP contribution in [0.25, 0.3) is 0 Å². The summed E-state index contributed by atoms with van der Waals surface area (Å²) in [5.41, 5.74) is -0.258. The SMILES string of the molecule is Cn1c(=O)n2n(c1=O)[C@@H]1C[C@H]3C(=O)N(c4cccc(Cl)c4)C(=O)[C@@]3(c3ccccc3)[C@@H](c3ccc(O)cc3Cl)C1=CC2. The normalized spacial score (nSPS) is 24.7. The number of rotatable bonds is 3. The summed E-state index contributed by atoms with van der Waals surface area (Å²) in [5.74, 6) is -2.68. The van der Waals surface area contributed by atoms with Crippen molar-refractivity contribution in [1.82, 2.24) is 13.9 Å². The summed E-state index contributed by atoms with van der Waals surface area (Å²) in [6.07, 6.45) is 1.96. The zero-order valence-corrected chi connectivity index (χ0v) is 23.8. The van der Waals surface area contributed by atoms with E-state index in [1.54, 1.807) is 30.3 Å². The first-order chi connectivity index (χ1) is 20.2. The third-order valence-electron chi connectivity index (χ3n) is 8.92. The largest absolute Gasteiger partial charge is 0.508 e. The van der Waals surface area contributed by atoms with E-state index in [1.165, 1.54) is 33.4 Å². The van der Waals surface area contributed by atoms with Gasteiger partial charge >= 0.3 is 11.4 Å². The third-order valence-corrected chi connectivity index (χ3v) is 9.48. The Morgan fingerprint density at radius 3 is 2.38 bits per heavy atom. The van der Waals surface area contributed by atoms with Gasteiger partial charge < -0.3 is 5.11 Å². The molecule has 2 aliphatic heterocycles. The Morgan fingerprint density at radius 2 is 1.67 bits per heavy atom. The quantitative estimate of drug-likeness (QED) is 0.280. The van der Waals surface area contributed by atoms with Crippen LogP contribution < -0.4 is 16.3 Å². The number of fused-ring (bicyclic) bond motifs is 4. The van der Waals surface area contributed by atoms with Crippen LogP contribution >= 0.6 is 23.2 Å². The number of allylic oxidation sites excluding steroid dienone is 2. The van der Waals surface area contributed by atoms with E-state index in [9.17, 15) is 19.5 Å². The van der Waals surface area contributed by atoms with Gasteiger partial charge in [0.1, 0.15) is 5.75 Å². The highest BCUT2D eigenvalue weighted by atomic mass is 35.5. The maximum Gasteiger partial charge on any atom is 0.347 e. The minimum absolute atomic E-state index is 0.0541. The Kier molecular flexibility index (Phi) is 5.90. The molecule has 2 amide bonds. The van der Waals surface area contributed by atoms with Gasteiger partial charge in [-0.1, -0.05) is 71.7 Å². The number of phenolic OH excluding ortho intramolecular Hbond substituents is 1. The first-order valence-corrected chi connectivity index (χ1v) is 14.2. The van der Waals surface area contributed by atoms with Crippen molar-refractivity contribution in [3.05, 3.63) is 127 Å². The lowest BCUT2D eigenvalue weighted by Crippen LogP contribution is -2.53. The fourth-order valence-corrected chi connectivity index (χ4v) is 7.68. The van der Waals surface area contributed by atoms with Crippen LogP contribution in [0.5, 0.6) is 5.75 Å². The molecule has 11 heteroatoms. The van der Waals surface area contributed by atoms with Crippen LogP contribution in [0.1, 0.15) is 29.5 Å². The van der Waals surface area contributed by atoms with Crippen LogP contribution in [0.2, 0.25) is 10.0 Å². The molecule has 0 spiro atoms. The second kappa shape index (κ2) is 9.34. The van der Waals surface area contributed by atoms with Gasteiger partial charge in [-0.2, -0.15) is 0 Å². The Labute approximate surface area is 249 Å². The van der Waals surface area contributed by atoms with Crippen LogP contribution in [0.15, 0.2) is 94.0 Å². The van der Waals surface area contributed by atoms with Crippen molar-refractivity contribution in [3.63, 3.8) is 0 Å². The van der Waals surface area contributed by atoms with Crippen LogP contribution in [0.3, 0.4) is 0 Å². The summed E-state index contributed by atoms with van der Waals surface area (Å²) in [5, 5.41) is 10.8. The molecule has 42 heavy (non-hydrogen) atoms. The number of halogens is 2. The Morgan fingerprint density at radius 1 is 0.905 bits per heavy atom. The van der Waals surface area contributed by atoms with E-state index < -0.39 is 46.5 Å². The molecule has 1 saturated carbocycles. The molecule has 1 saturated heterocycles. The van der Waals surface area contributed by atoms with Crippen molar-refractivity contribution in [2.24, 2.45) is 13.0 Å². The predicted octanol–water partition coefficient (Wildman–Crippen LogP) is 4.16. The highest BCUT2D eigenvalue weighted by Crippen LogP contribution is 2.63. The minimum Gasteiger partial charge on any atom is -0.508 e. The Hall–Kier alpha value is -4.34. The topological polar surface area (TPSA) is 107 Å². The second-order valence-electron chi connectivity index (χ2n) is 10.9. The predicted molar refractivity (Wildman–Crippen MR) is 157 cm³/mol. The average molecular weight is 603 g/mol. The number of hydrogen-bond donors (Lipinski definition) is 1. The van der Waals surface area contributed by atoms with Crippen molar-refractivity contribution in [2.45, 2.75) is 30.3 Å². The number of anilines is 1. The van der Waals surface area contributed by atoms with E-state index in [2.05, 4.69) is 0 Å². The molecule has 1 aliphatic carbocycles. The zero-order chi connectivity index (χ0) is 29.5. The number of aromatic hydroxyl groups is 1. The lowest BCUT2D eigenvalue weighted by molar-refractivity contribution is -0.124. The van der Waals surface area contributed by atoms with E-state index >= 15 is 4.79 Å². The molecule has 1 N–H and O–H groups in total. The summed E-state index contributed by atoms with van der Waals surface area (Å²) in [6.45, 7) is 0.0998. The number of hydrogen-bond acceptors (Lipinski definition) is 5. The number of amides is 2. The lowest BCUT2D eigenvalue weighted by Gasteiger charge is -2.49. The summed E-state index contributed by atoms with van der Waals surface area (Å²) >= 11 is 13.1. The van der Waals surface area contributed by atoms with Crippen LogP contribution in [0.4, 0.5) is 5.69 Å². The first-order valence-electron chi connectivity index (χ1n) is 13.4. The fourth-order valence-electron chi connectivity index (χ4n) is 7.21. The van der Waals surface area contributed by atoms with E-state index in [0.717, 1.165) is 4.57 Å². The summed E-state index contributed by atoms with van der Waals surface area (Å²) in [6, 6.07) is 19.5. The minimum atomic E-state index is -1.45. The molecule has 2 fully saturated rings. The van der Waals surface area contributed by atoms with E-state index in [0.29, 0.717) is 27.4 Å². The van der Waals surface area contributed by atoms with Gasteiger partial charge in [0.05, 0.1) is 29.6 Å². The number of imide groups is 1. The Balaban J connectivity index is 1.57. The van der Waals surface area contributed by atoms with Crippen molar-refractivity contribution < 1.29 is 14.7 Å². The molecule has 9 nitrogen and oxygen atoms in total. The van der Waals surface area contributed by atoms with Crippen molar-refractivity contribution >= 4 is 40.7 Å². The number of carbonyl (C=O) groups excluding carboxylic acids is 2. The second-order valence-corrected chi connectivity index (χ2v) is 11.7. The lowest BCUT2D eigenvalue weighted by atomic mass is 9.53. The van der Waals surface area contributed by atoms with E-state index in [-0.39, 0.29) is 23.7 Å². The molecule has 1 aromatic heterocycles. The average Bonchev–Trinajstić information content (AvgIpc) is 3.34. The molecule has 3 aromatic carbocycles. The molecular formula is C31H24Cl2N4O5. The van der Waals surface area contributed by atoms with E-state index in [1.807, 2.05) is 36.4 Å². The van der Waals surface area contributed by atoms with Crippen molar-refractivity contribution in [2.75, 3.05) is 4.90 Å². The standard InChI is InChI=1S/C31H24Cl2N4O5/c1-34-29(41)35-13-12-22-25(37(35)30(34)42)16-23-27(39)36(19-9-5-8-18(32)14-19)28(40)31(23,17-6-3-2-4-7-17)26(22)21-11-10-20(38)15-24(21)33/h2-12,14-15,23,25-26,38H,13,16H2,1H3/t23-,25+,26-,31+/m0/s1. The molecule has 7 rings (SSSR count). The molecule has 3 heterocycles. The molecule has 0 radical (unpaired) electrons. The van der Waals surface area contributed by atoms with Gasteiger partial charge in [-0.05, 0) is 53.5 Å². The van der Waals surface area contributed by atoms with Gasteiger partial charge in [0.2, 0.25) is 11.8 Å². The summed E-state index contributed by atoms with van der Waals surface area (Å²) in [4.78, 5) is 57.0. The molecule has 0 bridgehead atoms. The number of aromatic nitrogens is 3. The number of nitrogens with zero attached hydrogens (tertiary/aromatic N) is 4. The van der Waals surface area contributed by atoms with Gasteiger partial charge in [-0.25, -0.2) is 28.4 Å². The summed E-state index contributed by atoms with van der Waals surface area (Å²) in [7, 11) is 1.42. The van der Waals surface area contributed by atoms with Gasteiger partial charge in [-0.15, -0.1) is 0 Å². The molecule has 0 unspecified atom stereocenters. The zero-order valence-electron chi connectivity index (χ0n) is 22.3. The van der Waals surface area contributed by atoms with Crippen LogP contribution in [0, 0.1) is 5.92 Å². The van der Waals surface area contributed by atoms with Gasteiger partial charge in [0.25, 0.3) is 0 Å². The molecule has 4 atom stereocenters.